The van der Waals surface area contributed by atoms with Crippen molar-refractivity contribution < 1.29 is 9.59 Å². The molecule has 0 aliphatic rings. The van der Waals surface area contributed by atoms with Gasteiger partial charge in [-0.1, -0.05) is 43.6 Å². The highest BCUT2D eigenvalue weighted by atomic mass is 35.5. The van der Waals surface area contributed by atoms with Crippen molar-refractivity contribution in [2.45, 2.75) is 44.6 Å². The van der Waals surface area contributed by atoms with Gasteiger partial charge < -0.3 is 16.4 Å². The molecule has 3 amide bonds. The van der Waals surface area contributed by atoms with Crippen molar-refractivity contribution in [2.75, 3.05) is 6.54 Å². The minimum atomic E-state index is -0.640. The quantitative estimate of drug-likeness (QED) is 0.576. The van der Waals surface area contributed by atoms with Crippen LogP contribution in [0.4, 0.5) is 4.79 Å². The summed E-state index contributed by atoms with van der Waals surface area (Å²) in [4.78, 5) is 24.8. The first kappa shape index (κ1) is 21.3. The number of carbonyl (C=O) groups excluding carboxylic acids is 2. The molecule has 2 aromatic rings. The highest BCUT2D eigenvalue weighted by Crippen LogP contribution is 2.32. The lowest BCUT2D eigenvalue weighted by molar-refractivity contribution is -0.121. The molecule has 0 aliphatic heterocycles. The Hall–Kier alpha value is -2.05. The third kappa shape index (κ3) is 5.71. The number of hydrogen-bond donors (Lipinski definition) is 3. The number of nitrogens with two attached hydrogens (primary N) is 1. The van der Waals surface area contributed by atoms with Crippen molar-refractivity contribution in [3.63, 3.8) is 0 Å². The van der Waals surface area contributed by atoms with Gasteiger partial charge in [-0.15, -0.1) is 11.3 Å². The minimum absolute atomic E-state index is 0.123. The van der Waals surface area contributed by atoms with Gasteiger partial charge in [-0.2, -0.15) is 0 Å². The molecule has 1 aromatic carbocycles. The van der Waals surface area contributed by atoms with E-state index in [1.54, 1.807) is 0 Å². The second-order valence-corrected chi connectivity index (χ2v) is 7.97. The number of rotatable bonds is 9. The maximum absolute atomic E-state index is 12.6. The van der Waals surface area contributed by atoms with Crippen molar-refractivity contribution >= 4 is 34.9 Å². The monoisotopic (exact) mass is 407 g/mol. The largest absolute Gasteiger partial charge is 0.355 e. The Balaban J connectivity index is 2.06. The van der Waals surface area contributed by atoms with E-state index >= 15 is 0 Å². The number of thiophene rings is 1. The molecule has 0 spiro atoms. The molecule has 7 heteroatoms. The van der Waals surface area contributed by atoms with E-state index in [0.717, 1.165) is 23.3 Å². The maximum atomic E-state index is 12.6. The van der Waals surface area contributed by atoms with E-state index in [2.05, 4.69) is 24.5 Å². The SMILES string of the molecule is CCC(CC)(CNC(=O)CC(NC(N)=O)c1cccs1)c1ccc(Cl)cc1. The molecular formula is C20H26ClN3O2S. The Labute approximate surface area is 169 Å². The number of benzene rings is 1. The molecule has 1 atom stereocenters. The van der Waals surface area contributed by atoms with Crippen molar-refractivity contribution in [3.05, 3.63) is 57.2 Å². The van der Waals surface area contributed by atoms with E-state index in [9.17, 15) is 9.59 Å². The molecule has 0 saturated heterocycles. The third-order valence-corrected chi connectivity index (χ3v) is 6.26. The van der Waals surface area contributed by atoms with Gasteiger partial charge in [0.25, 0.3) is 0 Å². The van der Waals surface area contributed by atoms with Crippen LogP contribution in [0.3, 0.4) is 0 Å². The fourth-order valence-corrected chi connectivity index (χ4v) is 4.13. The van der Waals surface area contributed by atoms with Gasteiger partial charge in [-0.25, -0.2) is 4.79 Å². The average Bonchev–Trinajstić information content (AvgIpc) is 3.18. The molecule has 5 nitrogen and oxygen atoms in total. The van der Waals surface area contributed by atoms with Gasteiger partial charge in [-0.3, -0.25) is 4.79 Å². The predicted molar refractivity (Wildman–Crippen MR) is 111 cm³/mol. The van der Waals surface area contributed by atoms with Crippen LogP contribution < -0.4 is 16.4 Å². The van der Waals surface area contributed by atoms with E-state index in [1.807, 2.05) is 41.8 Å². The lowest BCUT2D eigenvalue weighted by Gasteiger charge is -2.33. The minimum Gasteiger partial charge on any atom is -0.355 e. The standard InChI is InChI=1S/C20H26ClN3O2S/c1-3-20(4-2,14-7-9-15(21)10-8-14)13-23-18(25)12-16(24-19(22)26)17-6-5-11-27-17/h5-11,16H,3-4,12-13H2,1-2H3,(H,23,25)(H3,22,24,26). The summed E-state index contributed by atoms with van der Waals surface area (Å²) >= 11 is 7.49. The molecule has 0 radical (unpaired) electrons. The van der Waals surface area contributed by atoms with E-state index in [0.29, 0.717) is 11.6 Å². The van der Waals surface area contributed by atoms with Gasteiger partial charge in [0.1, 0.15) is 0 Å². The third-order valence-electron chi connectivity index (χ3n) is 5.03. The Morgan fingerprint density at radius 1 is 1.19 bits per heavy atom. The van der Waals surface area contributed by atoms with Gasteiger partial charge in [-0.05, 0) is 42.0 Å². The van der Waals surface area contributed by atoms with E-state index in [1.165, 1.54) is 11.3 Å². The van der Waals surface area contributed by atoms with Gasteiger partial charge in [0.15, 0.2) is 0 Å². The molecule has 1 aromatic heterocycles. The Bertz CT molecular complexity index is 743. The fraction of sp³-hybridized carbons (Fsp3) is 0.400. The normalized spacial score (nSPS) is 12.4. The van der Waals surface area contributed by atoms with Crippen LogP contribution in [0.2, 0.25) is 5.02 Å². The smallest absolute Gasteiger partial charge is 0.312 e. The van der Waals surface area contributed by atoms with Crippen molar-refractivity contribution in [2.24, 2.45) is 5.73 Å². The first-order valence-corrected chi connectivity index (χ1v) is 10.3. The molecule has 4 N–H and O–H groups in total. The maximum Gasteiger partial charge on any atom is 0.312 e. The summed E-state index contributed by atoms with van der Waals surface area (Å²) in [5, 5.41) is 8.29. The Morgan fingerprint density at radius 3 is 2.37 bits per heavy atom. The summed E-state index contributed by atoms with van der Waals surface area (Å²) in [6.07, 6.45) is 1.92. The number of urea groups is 1. The first-order chi connectivity index (χ1) is 12.9. The molecule has 27 heavy (non-hydrogen) atoms. The molecule has 2 rings (SSSR count). The lowest BCUT2D eigenvalue weighted by atomic mass is 9.76. The summed E-state index contributed by atoms with van der Waals surface area (Å²) < 4.78 is 0. The van der Waals surface area contributed by atoms with Crippen molar-refractivity contribution in [1.29, 1.82) is 0 Å². The van der Waals surface area contributed by atoms with Crippen LogP contribution in [0, 0.1) is 0 Å². The van der Waals surface area contributed by atoms with Gasteiger partial charge in [0, 0.05) is 21.9 Å². The highest BCUT2D eigenvalue weighted by molar-refractivity contribution is 7.10. The molecule has 1 unspecified atom stereocenters. The van der Waals surface area contributed by atoms with Gasteiger partial charge in [0.05, 0.1) is 12.5 Å². The van der Waals surface area contributed by atoms with Crippen LogP contribution in [-0.4, -0.2) is 18.5 Å². The topological polar surface area (TPSA) is 84.2 Å². The highest BCUT2D eigenvalue weighted by Gasteiger charge is 2.29. The van der Waals surface area contributed by atoms with E-state index in [-0.39, 0.29) is 17.7 Å². The zero-order chi connectivity index (χ0) is 19.9. The summed E-state index contributed by atoms with van der Waals surface area (Å²) in [5.41, 5.74) is 6.26. The zero-order valence-corrected chi connectivity index (χ0v) is 17.2. The van der Waals surface area contributed by atoms with Crippen LogP contribution in [-0.2, 0) is 10.2 Å². The van der Waals surface area contributed by atoms with E-state index < -0.39 is 12.1 Å². The molecule has 0 saturated carbocycles. The van der Waals surface area contributed by atoms with Crippen LogP contribution >= 0.6 is 22.9 Å². The van der Waals surface area contributed by atoms with E-state index in [4.69, 9.17) is 17.3 Å². The van der Waals surface area contributed by atoms with Crippen LogP contribution in [0.1, 0.15) is 49.6 Å². The predicted octanol–water partition coefficient (Wildman–Crippen LogP) is 4.38. The van der Waals surface area contributed by atoms with Crippen molar-refractivity contribution in [3.8, 4) is 0 Å². The fourth-order valence-electron chi connectivity index (χ4n) is 3.22. The van der Waals surface area contributed by atoms with Gasteiger partial charge in [0.2, 0.25) is 5.91 Å². The first-order valence-electron chi connectivity index (χ1n) is 9.02. The second-order valence-electron chi connectivity index (χ2n) is 6.55. The van der Waals surface area contributed by atoms with Crippen molar-refractivity contribution in [1.82, 2.24) is 10.6 Å². The summed E-state index contributed by atoms with van der Waals surface area (Å²) in [6.45, 7) is 4.76. The number of primary amides is 1. The zero-order valence-electron chi connectivity index (χ0n) is 15.6. The molecule has 1 heterocycles. The second kappa shape index (κ2) is 9.76. The molecule has 146 valence electrons. The summed E-state index contributed by atoms with van der Waals surface area (Å²) in [6, 6.07) is 10.5. The molecular weight excluding hydrogens is 382 g/mol. The average molecular weight is 408 g/mol. The molecule has 0 aliphatic carbocycles. The molecule has 0 fully saturated rings. The summed E-state index contributed by atoms with van der Waals surface area (Å²) in [7, 11) is 0. The van der Waals surface area contributed by atoms with Gasteiger partial charge >= 0.3 is 6.03 Å². The Morgan fingerprint density at radius 2 is 1.85 bits per heavy atom. The number of halogens is 1. The lowest BCUT2D eigenvalue weighted by Crippen LogP contribution is -2.42. The van der Waals surface area contributed by atoms with Crippen LogP contribution in [0.25, 0.3) is 0 Å². The number of nitrogens with one attached hydrogen (secondary N) is 2. The molecule has 0 bridgehead atoms. The van der Waals surface area contributed by atoms with Crippen LogP contribution in [0.15, 0.2) is 41.8 Å². The Kier molecular flexibility index (Phi) is 7.68. The number of amides is 3. The number of carbonyl (C=O) groups is 2. The van der Waals surface area contributed by atoms with Crippen LogP contribution in [0.5, 0.6) is 0 Å². The number of hydrogen-bond acceptors (Lipinski definition) is 3. The summed E-state index contributed by atoms with van der Waals surface area (Å²) in [5.74, 6) is -0.123.